The normalized spacial score (nSPS) is 15.6. The summed E-state index contributed by atoms with van der Waals surface area (Å²) in [5, 5.41) is 16.4. The second kappa shape index (κ2) is 10.6. The van der Waals surface area contributed by atoms with Crippen LogP contribution < -0.4 is 20.1 Å². The number of hydrogen-bond donors (Lipinski definition) is 2. The zero-order valence-corrected chi connectivity index (χ0v) is 19.5. The van der Waals surface area contributed by atoms with Crippen LogP contribution in [-0.2, 0) is 9.59 Å². The maximum absolute atomic E-state index is 12.4. The van der Waals surface area contributed by atoms with Gasteiger partial charge in [-0.25, -0.2) is 0 Å². The van der Waals surface area contributed by atoms with Crippen molar-refractivity contribution in [3.8, 4) is 17.6 Å². The summed E-state index contributed by atoms with van der Waals surface area (Å²) in [7, 11) is 3.05. The van der Waals surface area contributed by atoms with Crippen LogP contribution in [0.3, 0.4) is 0 Å². The van der Waals surface area contributed by atoms with Gasteiger partial charge >= 0.3 is 0 Å². The van der Waals surface area contributed by atoms with E-state index in [9.17, 15) is 14.9 Å². The minimum absolute atomic E-state index is 0.0242. The van der Waals surface area contributed by atoms with Gasteiger partial charge in [-0.05, 0) is 35.9 Å². The largest absolute Gasteiger partial charge is 0.493 e. The molecule has 0 aromatic heterocycles. The SMILES string of the molecule is COc1ccc(C2CC(=O)NC(SCC(=O)Nc3cc(Cl)cc(Cl)c3)=C2C#N)cc1OC. The van der Waals surface area contributed by atoms with Crippen LogP contribution >= 0.6 is 35.0 Å². The Hall–Kier alpha value is -2.86. The zero-order chi connectivity index (χ0) is 23.3. The van der Waals surface area contributed by atoms with Gasteiger partial charge in [-0.15, -0.1) is 0 Å². The average molecular weight is 492 g/mol. The van der Waals surface area contributed by atoms with Gasteiger partial charge in [0.15, 0.2) is 11.5 Å². The number of anilines is 1. The Morgan fingerprint density at radius 2 is 1.88 bits per heavy atom. The van der Waals surface area contributed by atoms with Crippen molar-refractivity contribution >= 4 is 52.5 Å². The van der Waals surface area contributed by atoms with E-state index >= 15 is 0 Å². The molecule has 3 rings (SSSR count). The molecule has 0 radical (unpaired) electrons. The van der Waals surface area contributed by atoms with Gasteiger partial charge in [-0.2, -0.15) is 5.26 Å². The fourth-order valence-corrected chi connectivity index (χ4v) is 4.65. The van der Waals surface area contributed by atoms with Crippen molar-refractivity contribution in [1.29, 1.82) is 5.26 Å². The summed E-state index contributed by atoms with van der Waals surface area (Å²) in [6.45, 7) is 0. The number of allylic oxidation sites excluding steroid dienone is 1. The molecule has 1 unspecified atom stereocenters. The van der Waals surface area contributed by atoms with Crippen molar-refractivity contribution in [2.75, 3.05) is 25.3 Å². The van der Waals surface area contributed by atoms with Gasteiger partial charge < -0.3 is 20.1 Å². The van der Waals surface area contributed by atoms with Crippen LogP contribution in [0.5, 0.6) is 11.5 Å². The number of nitrogens with one attached hydrogen (secondary N) is 2. The number of thioether (sulfide) groups is 1. The summed E-state index contributed by atoms with van der Waals surface area (Å²) in [5.41, 5.74) is 1.57. The van der Waals surface area contributed by atoms with E-state index in [0.717, 1.165) is 17.3 Å². The number of carbonyl (C=O) groups excluding carboxylic acids is 2. The van der Waals surface area contributed by atoms with Gasteiger partial charge in [0.2, 0.25) is 11.8 Å². The Balaban J connectivity index is 1.80. The first-order chi connectivity index (χ1) is 15.3. The highest BCUT2D eigenvalue weighted by Crippen LogP contribution is 2.39. The molecule has 1 aliphatic rings. The van der Waals surface area contributed by atoms with E-state index in [-0.39, 0.29) is 24.0 Å². The third kappa shape index (κ3) is 5.68. The molecule has 2 aromatic rings. The molecule has 1 heterocycles. The molecule has 0 saturated heterocycles. The molecule has 2 amide bonds. The number of benzene rings is 2. The number of nitriles is 1. The molecule has 0 bridgehead atoms. The summed E-state index contributed by atoms with van der Waals surface area (Å²) in [6, 6.07) is 12.2. The first kappa shape index (κ1) is 23.8. The van der Waals surface area contributed by atoms with Crippen LogP contribution in [0.2, 0.25) is 10.0 Å². The molecule has 166 valence electrons. The monoisotopic (exact) mass is 491 g/mol. The lowest BCUT2D eigenvalue weighted by Gasteiger charge is -2.25. The molecule has 1 aliphatic heterocycles. The Bertz CT molecular complexity index is 1110. The standard InChI is InChI=1S/C22H19Cl2N3O4S/c1-30-18-4-3-12(5-19(18)31-2)16-9-20(28)27-22(17(16)10-25)32-11-21(29)26-15-7-13(23)6-14(24)8-15/h3-8,16H,9,11H2,1-2H3,(H,26,29)(H,27,28). The number of rotatable bonds is 7. The van der Waals surface area contributed by atoms with Crippen LogP contribution in [0.15, 0.2) is 47.0 Å². The molecular weight excluding hydrogens is 473 g/mol. The van der Waals surface area contributed by atoms with Gasteiger partial charge in [-0.1, -0.05) is 41.0 Å². The van der Waals surface area contributed by atoms with Crippen molar-refractivity contribution in [2.24, 2.45) is 0 Å². The lowest BCUT2D eigenvalue weighted by atomic mass is 9.87. The summed E-state index contributed by atoms with van der Waals surface area (Å²) in [4.78, 5) is 24.7. The van der Waals surface area contributed by atoms with Gasteiger partial charge in [0.25, 0.3) is 0 Å². The van der Waals surface area contributed by atoms with Crippen molar-refractivity contribution in [3.05, 3.63) is 62.6 Å². The number of amides is 2. The van der Waals surface area contributed by atoms with E-state index in [1.165, 1.54) is 14.2 Å². The first-order valence-electron chi connectivity index (χ1n) is 9.39. The third-order valence-corrected chi connectivity index (χ3v) is 6.11. The summed E-state index contributed by atoms with van der Waals surface area (Å²) < 4.78 is 10.6. The molecule has 1 atom stereocenters. The number of halogens is 2. The second-order valence-electron chi connectivity index (χ2n) is 6.77. The molecular formula is C22H19Cl2N3O4S. The fraction of sp³-hybridized carbons (Fsp3) is 0.227. The highest BCUT2D eigenvalue weighted by Gasteiger charge is 2.30. The number of hydrogen-bond acceptors (Lipinski definition) is 6. The second-order valence-corrected chi connectivity index (χ2v) is 8.63. The van der Waals surface area contributed by atoms with Gasteiger partial charge in [0.05, 0.1) is 36.6 Å². The molecule has 2 aromatic carbocycles. The van der Waals surface area contributed by atoms with Crippen LogP contribution in [-0.4, -0.2) is 31.8 Å². The van der Waals surface area contributed by atoms with Crippen molar-refractivity contribution < 1.29 is 19.1 Å². The highest BCUT2D eigenvalue weighted by molar-refractivity contribution is 8.03. The van der Waals surface area contributed by atoms with Gasteiger partial charge in [0.1, 0.15) is 0 Å². The molecule has 0 aliphatic carbocycles. The minimum atomic E-state index is -0.467. The molecule has 0 fully saturated rings. The highest BCUT2D eigenvalue weighted by atomic mass is 35.5. The van der Waals surface area contributed by atoms with Gasteiger partial charge in [-0.3, -0.25) is 9.59 Å². The van der Waals surface area contributed by atoms with Crippen LogP contribution in [0.4, 0.5) is 5.69 Å². The molecule has 2 N–H and O–H groups in total. The minimum Gasteiger partial charge on any atom is -0.493 e. The van der Waals surface area contributed by atoms with Crippen LogP contribution in [0.1, 0.15) is 17.9 Å². The molecule has 10 heteroatoms. The Morgan fingerprint density at radius 1 is 1.19 bits per heavy atom. The smallest absolute Gasteiger partial charge is 0.234 e. The fourth-order valence-electron chi connectivity index (χ4n) is 3.25. The zero-order valence-electron chi connectivity index (χ0n) is 17.2. The maximum atomic E-state index is 12.4. The van der Waals surface area contributed by atoms with E-state index in [2.05, 4.69) is 16.7 Å². The van der Waals surface area contributed by atoms with Crippen molar-refractivity contribution in [2.45, 2.75) is 12.3 Å². The predicted octanol–water partition coefficient (Wildman–Crippen LogP) is 4.72. The van der Waals surface area contributed by atoms with Gasteiger partial charge in [0, 0.05) is 28.1 Å². The van der Waals surface area contributed by atoms with E-state index in [1.807, 2.05) is 0 Å². The molecule has 7 nitrogen and oxygen atoms in total. The van der Waals surface area contributed by atoms with E-state index in [0.29, 0.717) is 37.8 Å². The number of nitrogens with zero attached hydrogens (tertiary/aromatic N) is 1. The number of ether oxygens (including phenoxy) is 2. The van der Waals surface area contributed by atoms with Crippen molar-refractivity contribution in [1.82, 2.24) is 5.32 Å². The Morgan fingerprint density at radius 3 is 2.50 bits per heavy atom. The van der Waals surface area contributed by atoms with Crippen LogP contribution in [0, 0.1) is 11.3 Å². The predicted molar refractivity (Wildman–Crippen MR) is 125 cm³/mol. The van der Waals surface area contributed by atoms with E-state index < -0.39 is 5.92 Å². The first-order valence-corrected chi connectivity index (χ1v) is 11.1. The van der Waals surface area contributed by atoms with Crippen LogP contribution in [0.25, 0.3) is 0 Å². The van der Waals surface area contributed by atoms with E-state index in [4.69, 9.17) is 32.7 Å². The Kier molecular flexibility index (Phi) is 7.91. The topological polar surface area (TPSA) is 100 Å². The summed E-state index contributed by atoms with van der Waals surface area (Å²) in [5.74, 6) is -0.0166. The lowest BCUT2D eigenvalue weighted by molar-refractivity contribution is -0.121. The van der Waals surface area contributed by atoms with E-state index in [1.54, 1.807) is 36.4 Å². The lowest BCUT2D eigenvalue weighted by Crippen LogP contribution is -2.31. The molecule has 0 saturated carbocycles. The Labute approximate surface area is 199 Å². The molecule has 0 spiro atoms. The summed E-state index contributed by atoms with van der Waals surface area (Å²) >= 11 is 13.0. The quantitative estimate of drug-likeness (QED) is 0.580. The summed E-state index contributed by atoms with van der Waals surface area (Å²) in [6.07, 6.45) is 0.107. The van der Waals surface area contributed by atoms with Crippen molar-refractivity contribution in [3.63, 3.8) is 0 Å². The number of carbonyl (C=O) groups is 2. The third-order valence-electron chi connectivity index (χ3n) is 4.66. The maximum Gasteiger partial charge on any atom is 0.234 e. The number of methoxy groups -OCH3 is 2. The average Bonchev–Trinajstić information content (AvgIpc) is 2.76. The molecule has 32 heavy (non-hydrogen) atoms.